The second-order valence-corrected chi connectivity index (χ2v) is 7.62. The van der Waals surface area contributed by atoms with Crippen LogP contribution in [0.25, 0.3) is 0 Å². The molecule has 1 atom stereocenters. The summed E-state index contributed by atoms with van der Waals surface area (Å²) in [7, 11) is 1.81. The Bertz CT molecular complexity index is 579. The van der Waals surface area contributed by atoms with Crippen LogP contribution in [0.2, 0.25) is 0 Å². The highest BCUT2D eigenvalue weighted by Gasteiger charge is 2.27. The van der Waals surface area contributed by atoms with Gasteiger partial charge in [-0.05, 0) is 5.92 Å². The zero-order valence-electron chi connectivity index (χ0n) is 18.2. The standard InChI is InChI=1S/C20H38N6O2/c1-6-16(7-2)17(26-10-12-27-13-11-26)14-23-20(21-5)22-9-8-18-24-19(15(3)4)25-28-18/h15-17H,6-14H2,1-5H3,(H2,21,22,23). The topological polar surface area (TPSA) is 87.8 Å². The van der Waals surface area contributed by atoms with E-state index in [9.17, 15) is 0 Å². The fraction of sp³-hybridized carbons (Fsp3) is 0.850. The highest BCUT2D eigenvalue weighted by atomic mass is 16.5. The van der Waals surface area contributed by atoms with E-state index in [0.29, 0.717) is 30.8 Å². The molecule has 0 spiro atoms. The molecule has 1 aliphatic rings. The average molecular weight is 395 g/mol. The van der Waals surface area contributed by atoms with Crippen molar-refractivity contribution < 1.29 is 9.26 Å². The number of aromatic nitrogens is 2. The Morgan fingerprint density at radius 1 is 1.18 bits per heavy atom. The highest BCUT2D eigenvalue weighted by Crippen LogP contribution is 2.19. The van der Waals surface area contributed by atoms with Crippen LogP contribution in [0.15, 0.2) is 9.52 Å². The molecule has 0 saturated carbocycles. The fourth-order valence-electron chi connectivity index (χ4n) is 3.65. The van der Waals surface area contributed by atoms with Crippen molar-refractivity contribution in [2.75, 3.05) is 46.4 Å². The summed E-state index contributed by atoms with van der Waals surface area (Å²) in [6, 6.07) is 0.488. The molecular weight excluding hydrogens is 356 g/mol. The van der Waals surface area contributed by atoms with Crippen LogP contribution < -0.4 is 10.6 Å². The fourth-order valence-corrected chi connectivity index (χ4v) is 3.65. The second-order valence-electron chi connectivity index (χ2n) is 7.62. The Balaban J connectivity index is 1.83. The van der Waals surface area contributed by atoms with Crippen molar-refractivity contribution in [1.82, 2.24) is 25.7 Å². The van der Waals surface area contributed by atoms with Gasteiger partial charge in [0.25, 0.3) is 0 Å². The summed E-state index contributed by atoms with van der Waals surface area (Å²) >= 11 is 0. The zero-order chi connectivity index (χ0) is 20.4. The SMILES string of the molecule is CCC(CC)C(CNC(=NC)NCCc1nc(C(C)C)no1)N1CCOCC1. The molecule has 2 N–H and O–H groups in total. The summed E-state index contributed by atoms with van der Waals surface area (Å²) < 4.78 is 10.8. The zero-order valence-corrected chi connectivity index (χ0v) is 18.2. The van der Waals surface area contributed by atoms with E-state index in [1.165, 1.54) is 12.8 Å². The molecule has 28 heavy (non-hydrogen) atoms. The smallest absolute Gasteiger partial charge is 0.228 e. The molecule has 160 valence electrons. The van der Waals surface area contributed by atoms with Crippen LogP contribution in [0.5, 0.6) is 0 Å². The first-order valence-corrected chi connectivity index (χ1v) is 10.7. The maximum atomic E-state index is 5.54. The molecule has 0 radical (unpaired) electrons. The Kier molecular flexibility index (Phi) is 9.70. The predicted octanol–water partition coefficient (Wildman–Crippen LogP) is 2.04. The summed E-state index contributed by atoms with van der Waals surface area (Å²) in [4.78, 5) is 11.3. The van der Waals surface area contributed by atoms with Crippen molar-refractivity contribution in [2.45, 2.75) is 58.9 Å². The molecule has 1 aliphatic heterocycles. The van der Waals surface area contributed by atoms with E-state index in [2.05, 4.69) is 58.4 Å². The van der Waals surface area contributed by atoms with Crippen molar-refractivity contribution in [3.05, 3.63) is 11.7 Å². The molecule has 1 fully saturated rings. The van der Waals surface area contributed by atoms with Crippen LogP contribution in [0.3, 0.4) is 0 Å². The predicted molar refractivity (Wildman–Crippen MR) is 112 cm³/mol. The molecule has 0 aliphatic carbocycles. The van der Waals surface area contributed by atoms with Crippen LogP contribution in [0.4, 0.5) is 0 Å². The van der Waals surface area contributed by atoms with Crippen molar-refractivity contribution >= 4 is 5.96 Å². The van der Waals surface area contributed by atoms with Gasteiger partial charge in [0, 0.05) is 51.6 Å². The van der Waals surface area contributed by atoms with Gasteiger partial charge in [0.15, 0.2) is 11.8 Å². The second kappa shape index (κ2) is 12.0. The molecule has 0 amide bonds. The molecule has 8 heteroatoms. The average Bonchev–Trinajstić information content (AvgIpc) is 3.19. The quantitative estimate of drug-likeness (QED) is 0.464. The lowest BCUT2D eigenvalue weighted by atomic mass is 9.92. The number of ether oxygens (including phenoxy) is 1. The van der Waals surface area contributed by atoms with Crippen LogP contribution in [0, 0.1) is 5.92 Å². The molecule has 0 aromatic carbocycles. The first kappa shape index (κ1) is 22.6. The first-order valence-electron chi connectivity index (χ1n) is 10.7. The molecule has 1 aromatic heterocycles. The summed E-state index contributed by atoms with van der Waals surface area (Å²) in [5.41, 5.74) is 0. The summed E-state index contributed by atoms with van der Waals surface area (Å²) in [5, 5.41) is 10.9. The van der Waals surface area contributed by atoms with Crippen LogP contribution in [-0.2, 0) is 11.2 Å². The lowest BCUT2D eigenvalue weighted by Gasteiger charge is -2.39. The molecule has 0 bridgehead atoms. The van der Waals surface area contributed by atoms with Gasteiger partial charge in [-0.2, -0.15) is 4.98 Å². The van der Waals surface area contributed by atoms with Gasteiger partial charge in [-0.3, -0.25) is 9.89 Å². The minimum atomic E-state index is 0.280. The van der Waals surface area contributed by atoms with Crippen LogP contribution in [0.1, 0.15) is 58.2 Å². The van der Waals surface area contributed by atoms with Gasteiger partial charge in [-0.25, -0.2) is 0 Å². The number of aliphatic imine (C=N–C) groups is 1. The first-order chi connectivity index (χ1) is 13.6. The maximum Gasteiger partial charge on any atom is 0.228 e. The number of hydrogen-bond acceptors (Lipinski definition) is 6. The van der Waals surface area contributed by atoms with Gasteiger partial charge in [0.05, 0.1) is 13.2 Å². The normalized spacial score (nSPS) is 17.3. The molecular formula is C20H38N6O2. The van der Waals surface area contributed by atoms with Crippen LogP contribution in [-0.4, -0.2) is 73.5 Å². The number of morpholine rings is 1. The minimum Gasteiger partial charge on any atom is -0.379 e. The number of guanidine groups is 1. The van der Waals surface area contributed by atoms with Gasteiger partial charge in [0.1, 0.15) is 0 Å². The number of rotatable bonds is 10. The summed E-state index contributed by atoms with van der Waals surface area (Å²) in [6.07, 6.45) is 3.04. The lowest BCUT2D eigenvalue weighted by Crippen LogP contribution is -2.53. The number of nitrogens with zero attached hydrogens (tertiary/aromatic N) is 4. The number of nitrogens with one attached hydrogen (secondary N) is 2. The van der Waals surface area contributed by atoms with E-state index < -0.39 is 0 Å². The third kappa shape index (κ3) is 6.74. The Morgan fingerprint density at radius 2 is 1.89 bits per heavy atom. The van der Waals surface area contributed by atoms with Gasteiger partial charge >= 0.3 is 0 Å². The molecule has 1 aromatic rings. The van der Waals surface area contributed by atoms with E-state index in [4.69, 9.17) is 9.26 Å². The Labute approximate surface area is 169 Å². The van der Waals surface area contributed by atoms with E-state index in [-0.39, 0.29) is 5.92 Å². The third-order valence-electron chi connectivity index (χ3n) is 5.44. The minimum absolute atomic E-state index is 0.280. The lowest BCUT2D eigenvalue weighted by molar-refractivity contribution is 0.00272. The van der Waals surface area contributed by atoms with Gasteiger partial charge in [-0.1, -0.05) is 45.7 Å². The van der Waals surface area contributed by atoms with Gasteiger partial charge in [-0.15, -0.1) is 0 Å². The van der Waals surface area contributed by atoms with Crippen molar-refractivity contribution in [1.29, 1.82) is 0 Å². The molecule has 1 unspecified atom stereocenters. The third-order valence-corrected chi connectivity index (χ3v) is 5.44. The van der Waals surface area contributed by atoms with E-state index in [1.807, 2.05) is 0 Å². The van der Waals surface area contributed by atoms with E-state index in [0.717, 1.165) is 44.6 Å². The Morgan fingerprint density at radius 3 is 2.46 bits per heavy atom. The van der Waals surface area contributed by atoms with Crippen LogP contribution >= 0.6 is 0 Å². The van der Waals surface area contributed by atoms with Crippen molar-refractivity contribution in [3.8, 4) is 0 Å². The van der Waals surface area contributed by atoms with E-state index in [1.54, 1.807) is 7.05 Å². The molecule has 8 nitrogen and oxygen atoms in total. The molecule has 1 saturated heterocycles. The highest BCUT2D eigenvalue weighted by molar-refractivity contribution is 5.79. The number of hydrogen-bond donors (Lipinski definition) is 2. The summed E-state index contributed by atoms with van der Waals surface area (Å²) in [5.74, 6) is 3.18. The van der Waals surface area contributed by atoms with Crippen molar-refractivity contribution in [3.63, 3.8) is 0 Å². The van der Waals surface area contributed by atoms with Gasteiger partial charge in [0.2, 0.25) is 5.89 Å². The van der Waals surface area contributed by atoms with Gasteiger partial charge < -0.3 is 19.9 Å². The van der Waals surface area contributed by atoms with E-state index >= 15 is 0 Å². The largest absolute Gasteiger partial charge is 0.379 e. The van der Waals surface area contributed by atoms with Crippen molar-refractivity contribution in [2.24, 2.45) is 10.9 Å². The molecule has 2 heterocycles. The molecule has 2 rings (SSSR count). The summed E-state index contributed by atoms with van der Waals surface area (Å²) in [6.45, 7) is 13.9. The monoisotopic (exact) mass is 394 g/mol. The Hall–Kier alpha value is -1.67. The maximum absolute atomic E-state index is 5.54.